The minimum Gasteiger partial charge on any atom is -0.352 e. The van der Waals surface area contributed by atoms with Crippen molar-refractivity contribution in [1.82, 2.24) is 10.2 Å². The van der Waals surface area contributed by atoms with Gasteiger partial charge in [0.2, 0.25) is 11.8 Å². The fraction of sp³-hybridized carbons (Fsp3) is 0.364. The van der Waals surface area contributed by atoms with E-state index in [-0.39, 0.29) is 23.6 Å². The first-order valence-corrected chi connectivity index (χ1v) is 11.8. The van der Waals surface area contributed by atoms with E-state index in [1.54, 1.807) is 36.1 Å². The molecule has 0 spiro atoms. The third-order valence-electron chi connectivity index (χ3n) is 4.36. The van der Waals surface area contributed by atoms with Crippen LogP contribution in [0.1, 0.15) is 31.9 Å². The van der Waals surface area contributed by atoms with Gasteiger partial charge in [-0.1, -0.05) is 53.0 Å². The normalized spacial score (nSPS) is 12.0. The molecule has 0 aliphatic heterocycles. The van der Waals surface area contributed by atoms with Gasteiger partial charge >= 0.3 is 0 Å². The van der Waals surface area contributed by atoms with Gasteiger partial charge in [0.1, 0.15) is 6.04 Å². The van der Waals surface area contributed by atoms with Crippen molar-refractivity contribution in [2.75, 3.05) is 5.75 Å². The Morgan fingerprint density at radius 3 is 2.23 bits per heavy atom. The minimum absolute atomic E-state index is 0.00569. The van der Waals surface area contributed by atoms with Crippen LogP contribution in [-0.2, 0) is 21.9 Å². The second kappa shape index (κ2) is 11.8. The van der Waals surface area contributed by atoms with Crippen molar-refractivity contribution in [3.8, 4) is 0 Å². The predicted molar refractivity (Wildman–Crippen MR) is 127 cm³/mol. The van der Waals surface area contributed by atoms with Crippen LogP contribution < -0.4 is 5.32 Å². The molecule has 0 radical (unpaired) electrons. The summed E-state index contributed by atoms with van der Waals surface area (Å²) in [5.74, 6) is 0.499. The van der Waals surface area contributed by atoms with Gasteiger partial charge in [-0.2, -0.15) is 0 Å². The zero-order valence-corrected chi connectivity index (χ0v) is 20.2. The van der Waals surface area contributed by atoms with Gasteiger partial charge in [0.05, 0.1) is 5.75 Å². The molecule has 0 saturated carbocycles. The van der Waals surface area contributed by atoms with Gasteiger partial charge in [-0.15, -0.1) is 11.8 Å². The van der Waals surface area contributed by atoms with Crippen LogP contribution in [0.5, 0.6) is 0 Å². The summed E-state index contributed by atoms with van der Waals surface area (Å²) in [4.78, 5) is 27.2. The molecule has 0 bridgehead atoms. The molecule has 0 aliphatic rings. The van der Waals surface area contributed by atoms with E-state index in [4.69, 9.17) is 34.8 Å². The zero-order valence-electron chi connectivity index (χ0n) is 17.1. The first-order chi connectivity index (χ1) is 14.2. The van der Waals surface area contributed by atoms with Crippen LogP contribution in [0.15, 0.2) is 42.5 Å². The summed E-state index contributed by atoms with van der Waals surface area (Å²) in [6.07, 6.45) is 0. The summed E-state index contributed by atoms with van der Waals surface area (Å²) in [5.41, 5.74) is 1.82. The van der Waals surface area contributed by atoms with Crippen molar-refractivity contribution in [2.24, 2.45) is 0 Å². The first kappa shape index (κ1) is 24.9. The van der Waals surface area contributed by atoms with E-state index in [9.17, 15) is 9.59 Å². The van der Waals surface area contributed by atoms with Gasteiger partial charge in [-0.05, 0) is 56.2 Å². The molecule has 4 nitrogen and oxygen atoms in total. The van der Waals surface area contributed by atoms with Crippen LogP contribution in [0.4, 0.5) is 0 Å². The Kier molecular flexibility index (Phi) is 9.82. The van der Waals surface area contributed by atoms with Crippen molar-refractivity contribution in [3.05, 3.63) is 68.7 Å². The molecule has 2 aromatic rings. The van der Waals surface area contributed by atoms with E-state index in [1.165, 1.54) is 11.8 Å². The number of carbonyl (C=O) groups excluding carboxylic acids is 2. The SMILES string of the molecule is CC(C)NC(=O)[C@H](C)N(Cc1ccc(Cl)cc1)C(=O)CSCc1ccc(Cl)cc1Cl. The fourth-order valence-electron chi connectivity index (χ4n) is 2.74. The summed E-state index contributed by atoms with van der Waals surface area (Å²) in [6, 6.07) is 12.0. The highest BCUT2D eigenvalue weighted by Crippen LogP contribution is 2.25. The Labute approximate surface area is 197 Å². The summed E-state index contributed by atoms with van der Waals surface area (Å²) in [5, 5.41) is 4.65. The topological polar surface area (TPSA) is 49.4 Å². The zero-order chi connectivity index (χ0) is 22.3. The van der Waals surface area contributed by atoms with Crippen LogP contribution in [-0.4, -0.2) is 34.6 Å². The largest absolute Gasteiger partial charge is 0.352 e. The maximum Gasteiger partial charge on any atom is 0.242 e. The van der Waals surface area contributed by atoms with Crippen LogP contribution in [0, 0.1) is 0 Å². The summed E-state index contributed by atoms with van der Waals surface area (Å²) < 4.78 is 0. The number of rotatable bonds is 9. The van der Waals surface area contributed by atoms with E-state index in [0.29, 0.717) is 27.4 Å². The summed E-state index contributed by atoms with van der Waals surface area (Å²) in [6.45, 7) is 5.85. The van der Waals surface area contributed by atoms with E-state index >= 15 is 0 Å². The second-order valence-corrected chi connectivity index (χ2v) is 9.48. The van der Waals surface area contributed by atoms with Gasteiger partial charge in [-0.3, -0.25) is 9.59 Å². The maximum atomic E-state index is 13.0. The molecule has 0 aliphatic carbocycles. The number of thioether (sulfide) groups is 1. The molecule has 2 rings (SSSR count). The highest BCUT2D eigenvalue weighted by Gasteiger charge is 2.26. The molecule has 0 saturated heterocycles. The lowest BCUT2D eigenvalue weighted by molar-refractivity contribution is -0.138. The Hall–Kier alpha value is -1.40. The average Bonchev–Trinajstić information content (AvgIpc) is 2.68. The number of nitrogens with zero attached hydrogens (tertiary/aromatic N) is 1. The molecule has 2 aromatic carbocycles. The third-order valence-corrected chi connectivity index (χ3v) is 6.17. The summed E-state index contributed by atoms with van der Waals surface area (Å²) in [7, 11) is 0. The molecule has 0 fully saturated rings. The molecule has 1 N–H and O–H groups in total. The molecular weight excluding hydrogens is 463 g/mol. The molecule has 0 unspecified atom stereocenters. The lowest BCUT2D eigenvalue weighted by Gasteiger charge is -2.29. The monoisotopic (exact) mass is 486 g/mol. The van der Waals surface area contributed by atoms with Crippen molar-refractivity contribution < 1.29 is 9.59 Å². The minimum atomic E-state index is -0.602. The lowest BCUT2D eigenvalue weighted by atomic mass is 10.1. The van der Waals surface area contributed by atoms with Crippen LogP contribution in [0.25, 0.3) is 0 Å². The number of hydrogen-bond donors (Lipinski definition) is 1. The van der Waals surface area contributed by atoms with Crippen molar-refractivity contribution in [2.45, 2.75) is 45.2 Å². The molecule has 8 heteroatoms. The van der Waals surface area contributed by atoms with Gasteiger partial charge in [0, 0.05) is 33.4 Å². The maximum absolute atomic E-state index is 13.0. The number of halogens is 3. The highest BCUT2D eigenvalue weighted by molar-refractivity contribution is 7.99. The van der Waals surface area contributed by atoms with E-state index < -0.39 is 6.04 Å². The highest BCUT2D eigenvalue weighted by atomic mass is 35.5. The number of nitrogens with one attached hydrogen (secondary N) is 1. The Balaban J connectivity index is 2.08. The van der Waals surface area contributed by atoms with Gasteiger partial charge < -0.3 is 10.2 Å². The molecule has 162 valence electrons. The third kappa shape index (κ3) is 7.69. The van der Waals surface area contributed by atoms with Crippen molar-refractivity contribution in [1.29, 1.82) is 0 Å². The van der Waals surface area contributed by atoms with E-state index in [1.807, 2.05) is 32.0 Å². The van der Waals surface area contributed by atoms with Crippen LogP contribution >= 0.6 is 46.6 Å². The Morgan fingerprint density at radius 1 is 1.00 bits per heavy atom. The van der Waals surface area contributed by atoms with E-state index in [2.05, 4.69) is 5.32 Å². The second-order valence-electron chi connectivity index (χ2n) is 7.22. The smallest absolute Gasteiger partial charge is 0.242 e. The molecular formula is C22H25Cl3N2O2S. The average molecular weight is 488 g/mol. The first-order valence-electron chi connectivity index (χ1n) is 9.53. The van der Waals surface area contributed by atoms with Crippen molar-refractivity contribution >= 4 is 58.4 Å². The van der Waals surface area contributed by atoms with Crippen LogP contribution in [0.2, 0.25) is 15.1 Å². The Bertz CT molecular complexity index is 875. The van der Waals surface area contributed by atoms with E-state index in [0.717, 1.165) is 11.1 Å². The molecule has 2 amide bonds. The summed E-state index contributed by atoms with van der Waals surface area (Å²) >= 11 is 19.6. The van der Waals surface area contributed by atoms with Gasteiger partial charge in [-0.25, -0.2) is 0 Å². The number of benzene rings is 2. The van der Waals surface area contributed by atoms with Gasteiger partial charge in [0.15, 0.2) is 0 Å². The molecule has 1 atom stereocenters. The molecule has 0 aromatic heterocycles. The standard InChI is InChI=1S/C22H25Cl3N2O2S/c1-14(2)26-22(29)15(3)27(11-16-4-7-18(23)8-5-16)21(28)13-30-12-17-6-9-19(24)10-20(17)25/h4-10,14-15H,11-13H2,1-3H3,(H,26,29)/t15-/m0/s1. The fourth-order valence-corrected chi connectivity index (χ4v) is 4.34. The quantitative estimate of drug-likeness (QED) is 0.485. The number of amides is 2. The number of hydrogen-bond acceptors (Lipinski definition) is 3. The molecule has 30 heavy (non-hydrogen) atoms. The Morgan fingerprint density at radius 2 is 1.63 bits per heavy atom. The lowest BCUT2D eigenvalue weighted by Crippen LogP contribution is -2.49. The molecule has 0 heterocycles. The van der Waals surface area contributed by atoms with Crippen LogP contribution in [0.3, 0.4) is 0 Å². The number of carbonyl (C=O) groups is 2. The van der Waals surface area contributed by atoms with Gasteiger partial charge in [0.25, 0.3) is 0 Å². The van der Waals surface area contributed by atoms with Crippen molar-refractivity contribution in [3.63, 3.8) is 0 Å². The predicted octanol–water partition coefficient (Wildman–Crippen LogP) is 5.82.